The normalized spacial score (nSPS) is 20.8. The van der Waals surface area contributed by atoms with E-state index in [1.54, 1.807) is 0 Å². The summed E-state index contributed by atoms with van der Waals surface area (Å²) in [5, 5.41) is 9.14. The van der Waals surface area contributed by atoms with E-state index in [1.807, 2.05) is 0 Å². The van der Waals surface area contributed by atoms with Gasteiger partial charge in [-0.25, -0.2) is 0 Å². The van der Waals surface area contributed by atoms with E-state index < -0.39 is 31.7 Å². The van der Waals surface area contributed by atoms with Gasteiger partial charge in [-0.3, -0.25) is 4.79 Å². The zero-order valence-corrected chi connectivity index (χ0v) is 17.6. The van der Waals surface area contributed by atoms with Gasteiger partial charge in [-0.05, 0) is 61.4 Å². The Labute approximate surface area is 165 Å². The quantitative estimate of drug-likeness (QED) is 0.332. The second kappa shape index (κ2) is 9.30. The third-order valence-electron chi connectivity index (χ3n) is 5.15. The van der Waals surface area contributed by atoms with Crippen molar-refractivity contribution in [3.63, 3.8) is 0 Å². The maximum absolute atomic E-state index is 13.2. The molecule has 158 valence electrons. The van der Waals surface area contributed by atoms with Crippen LogP contribution in [0, 0.1) is 5.92 Å². The molecule has 0 spiro atoms. The fourth-order valence-electron chi connectivity index (χ4n) is 3.37. The molecule has 1 aliphatic carbocycles. The van der Waals surface area contributed by atoms with Crippen LogP contribution in [0.4, 0.5) is 13.2 Å². The van der Waals surface area contributed by atoms with Gasteiger partial charge in [0.25, 0.3) is 0 Å². The minimum Gasteiger partial charge on any atom is -0.481 e. The van der Waals surface area contributed by atoms with Crippen molar-refractivity contribution >= 4 is 14.0 Å². The van der Waals surface area contributed by atoms with Crippen LogP contribution in [0.2, 0.25) is 25.7 Å². The number of hydrogen-bond donors (Lipinski definition) is 1. The molecule has 0 atom stereocenters. The summed E-state index contributed by atoms with van der Waals surface area (Å²) in [4.78, 5) is 11.1. The van der Waals surface area contributed by atoms with Crippen LogP contribution in [0.5, 0.6) is 5.75 Å². The highest BCUT2D eigenvalue weighted by atomic mass is 28.3. The molecule has 0 aliphatic heterocycles. The molecule has 28 heavy (non-hydrogen) atoms. The Bertz CT molecular complexity index is 662. The number of benzene rings is 1. The zero-order chi connectivity index (χ0) is 20.9. The van der Waals surface area contributed by atoms with E-state index in [9.17, 15) is 18.0 Å². The van der Waals surface area contributed by atoms with Crippen molar-refractivity contribution in [2.24, 2.45) is 5.92 Å². The van der Waals surface area contributed by atoms with Gasteiger partial charge in [-0.1, -0.05) is 19.6 Å². The van der Waals surface area contributed by atoms with E-state index in [0.717, 1.165) is 18.2 Å². The van der Waals surface area contributed by atoms with E-state index >= 15 is 0 Å². The first-order valence-electron chi connectivity index (χ1n) is 9.62. The van der Waals surface area contributed by atoms with Crippen LogP contribution in [0.25, 0.3) is 0 Å². The Kier molecular flexibility index (Phi) is 7.56. The molecule has 1 aromatic rings. The van der Waals surface area contributed by atoms with Crippen LogP contribution in [0.15, 0.2) is 18.2 Å². The van der Waals surface area contributed by atoms with E-state index in [0.29, 0.717) is 43.6 Å². The highest BCUT2D eigenvalue weighted by Gasteiger charge is 2.34. The fourth-order valence-corrected chi connectivity index (χ4v) is 4.13. The zero-order valence-electron chi connectivity index (χ0n) is 16.6. The Morgan fingerprint density at radius 2 is 1.82 bits per heavy atom. The summed E-state index contributed by atoms with van der Waals surface area (Å²) in [5.41, 5.74) is -0.220. The monoisotopic (exact) mass is 418 g/mol. The molecule has 1 saturated carbocycles. The summed E-state index contributed by atoms with van der Waals surface area (Å²) in [6.07, 6.45) is -2.44. The van der Waals surface area contributed by atoms with Crippen molar-refractivity contribution in [3.8, 4) is 5.75 Å². The molecule has 4 nitrogen and oxygen atoms in total. The Hall–Kier alpha value is -1.54. The predicted octanol–water partition coefficient (Wildman–Crippen LogP) is 5.75. The lowest BCUT2D eigenvalue weighted by Gasteiger charge is -2.28. The summed E-state index contributed by atoms with van der Waals surface area (Å²) in [6, 6.07) is 4.49. The number of carboxylic acid groups (broad SMARTS) is 1. The second-order valence-corrected chi connectivity index (χ2v) is 14.2. The molecule has 0 unspecified atom stereocenters. The van der Waals surface area contributed by atoms with Crippen LogP contribution in [0.3, 0.4) is 0 Å². The third-order valence-corrected chi connectivity index (χ3v) is 6.85. The van der Waals surface area contributed by atoms with Crippen molar-refractivity contribution in [1.82, 2.24) is 0 Å². The lowest BCUT2D eigenvalue weighted by molar-refractivity contribution is -0.142. The highest BCUT2D eigenvalue weighted by molar-refractivity contribution is 6.76. The number of rotatable bonds is 8. The largest absolute Gasteiger partial charge is 0.481 e. The Morgan fingerprint density at radius 1 is 1.18 bits per heavy atom. The number of hydrogen-bond acceptors (Lipinski definition) is 3. The summed E-state index contributed by atoms with van der Waals surface area (Å²) < 4.78 is 50.6. The van der Waals surface area contributed by atoms with E-state index in [2.05, 4.69) is 19.6 Å². The SMILES string of the molecule is C[Si](C)(C)CCOCOc1ccc(C(F)(F)F)cc1C1CCC(C(=O)O)CC1. The van der Waals surface area contributed by atoms with Gasteiger partial charge in [0, 0.05) is 14.7 Å². The van der Waals surface area contributed by atoms with Gasteiger partial charge in [0.2, 0.25) is 0 Å². The molecule has 0 bridgehead atoms. The van der Waals surface area contributed by atoms with Crippen LogP contribution < -0.4 is 4.74 Å². The van der Waals surface area contributed by atoms with E-state index in [1.165, 1.54) is 6.07 Å². The van der Waals surface area contributed by atoms with Crippen LogP contribution in [0.1, 0.15) is 42.7 Å². The Balaban J connectivity index is 2.08. The molecule has 0 aromatic heterocycles. The van der Waals surface area contributed by atoms with Crippen molar-refractivity contribution in [2.75, 3.05) is 13.4 Å². The lowest BCUT2D eigenvalue weighted by atomic mass is 9.78. The van der Waals surface area contributed by atoms with E-state index in [-0.39, 0.29) is 12.7 Å². The maximum atomic E-state index is 13.2. The number of carboxylic acids is 1. The van der Waals surface area contributed by atoms with Gasteiger partial charge < -0.3 is 14.6 Å². The number of alkyl halides is 3. The third kappa shape index (κ3) is 6.81. The van der Waals surface area contributed by atoms with Gasteiger partial charge in [-0.2, -0.15) is 13.2 Å². The number of carbonyl (C=O) groups is 1. The van der Waals surface area contributed by atoms with Crippen LogP contribution >= 0.6 is 0 Å². The molecule has 0 amide bonds. The van der Waals surface area contributed by atoms with Crippen molar-refractivity contribution in [3.05, 3.63) is 29.3 Å². The fraction of sp³-hybridized carbons (Fsp3) is 0.650. The minimum atomic E-state index is -4.43. The molecule has 1 aromatic carbocycles. The van der Waals surface area contributed by atoms with Gasteiger partial charge in [-0.15, -0.1) is 0 Å². The lowest BCUT2D eigenvalue weighted by Crippen LogP contribution is -2.22. The van der Waals surface area contributed by atoms with Crippen LogP contribution in [-0.2, 0) is 15.7 Å². The number of aliphatic carboxylic acids is 1. The Morgan fingerprint density at radius 3 is 2.36 bits per heavy atom. The van der Waals surface area contributed by atoms with Gasteiger partial charge in [0.05, 0.1) is 11.5 Å². The standard InChI is InChI=1S/C20H29F3O4Si/c1-28(2,3)11-10-26-13-27-18-9-8-16(20(21,22)23)12-17(18)14-4-6-15(7-5-14)19(24)25/h8-9,12,14-15H,4-7,10-11,13H2,1-3H3,(H,24,25). The van der Waals surface area contributed by atoms with Crippen LogP contribution in [-0.4, -0.2) is 32.5 Å². The average Bonchev–Trinajstić information content (AvgIpc) is 2.60. The van der Waals surface area contributed by atoms with E-state index in [4.69, 9.17) is 14.6 Å². The predicted molar refractivity (Wildman–Crippen MR) is 103 cm³/mol. The molecule has 8 heteroatoms. The van der Waals surface area contributed by atoms with Gasteiger partial charge in [0.1, 0.15) is 5.75 Å². The first-order chi connectivity index (χ1) is 13.0. The smallest absolute Gasteiger partial charge is 0.416 e. The molecule has 0 radical (unpaired) electrons. The van der Waals surface area contributed by atoms with Gasteiger partial charge >= 0.3 is 12.1 Å². The van der Waals surface area contributed by atoms with Crippen molar-refractivity contribution < 1.29 is 32.5 Å². The minimum absolute atomic E-state index is 0.00663. The molecule has 0 saturated heterocycles. The molecule has 2 rings (SSSR count). The molecular weight excluding hydrogens is 389 g/mol. The van der Waals surface area contributed by atoms with Crippen molar-refractivity contribution in [2.45, 2.75) is 63.5 Å². The second-order valence-electron chi connectivity index (χ2n) is 8.62. The first kappa shape index (κ1) is 22.7. The summed E-state index contributed by atoms with van der Waals surface area (Å²) >= 11 is 0. The summed E-state index contributed by atoms with van der Waals surface area (Å²) in [7, 11) is -1.22. The molecule has 0 heterocycles. The molecule has 1 fully saturated rings. The average molecular weight is 419 g/mol. The summed E-state index contributed by atoms with van der Waals surface area (Å²) in [6.45, 7) is 7.26. The molecule has 1 aliphatic rings. The topological polar surface area (TPSA) is 55.8 Å². The van der Waals surface area contributed by atoms with Crippen molar-refractivity contribution in [1.29, 1.82) is 0 Å². The molecule has 1 N–H and O–H groups in total. The highest BCUT2D eigenvalue weighted by Crippen LogP contribution is 2.42. The maximum Gasteiger partial charge on any atom is 0.416 e. The number of halogens is 3. The first-order valence-corrected chi connectivity index (χ1v) is 13.3. The summed E-state index contributed by atoms with van der Waals surface area (Å²) in [5.74, 6) is -1.01. The number of ether oxygens (including phenoxy) is 2. The van der Waals surface area contributed by atoms with Gasteiger partial charge in [0.15, 0.2) is 6.79 Å². The molecular formula is C20H29F3O4Si.